The van der Waals surface area contributed by atoms with Gasteiger partial charge >= 0.3 is 0 Å². The molecule has 3 fully saturated rings. The first-order valence-corrected chi connectivity index (χ1v) is 13.1. The Morgan fingerprint density at radius 1 is 1.12 bits per heavy atom. The first-order chi connectivity index (χ1) is 15.8. The van der Waals surface area contributed by atoms with Crippen molar-refractivity contribution in [2.45, 2.75) is 81.3 Å². The first-order valence-electron chi connectivity index (χ1n) is 12.7. The molecule has 0 radical (unpaired) electrons. The second-order valence-electron chi connectivity index (χ2n) is 11.1. The molecule has 6 unspecified atom stereocenters. The highest BCUT2D eigenvalue weighted by Gasteiger charge is 2.65. The smallest absolute Gasteiger partial charge is 0.0878 e. The fourth-order valence-electron chi connectivity index (χ4n) is 7.32. The Kier molecular flexibility index (Phi) is 7.41. The third kappa shape index (κ3) is 4.57. The van der Waals surface area contributed by atoms with E-state index in [-0.39, 0.29) is 17.4 Å². The van der Waals surface area contributed by atoms with Crippen molar-refractivity contribution < 1.29 is 10.2 Å². The van der Waals surface area contributed by atoms with Gasteiger partial charge in [0.15, 0.2) is 0 Å². The maximum Gasteiger partial charge on any atom is 0.0878 e. The predicted molar refractivity (Wildman–Crippen MR) is 136 cm³/mol. The monoisotopic (exact) mass is 472 g/mol. The van der Waals surface area contributed by atoms with Crippen molar-refractivity contribution in [3.63, 3.8) is 0 Å². The SMILES string of the molecule is CC12CCC3(Cl)CC4CC(O)CCC4CC[C@]3(O)C1CC=C2/C=C/c1cccnc1.CNC. The highest BCUT2D eigenvalue weighted by atomic mass is 35.5. The first kappa shape index (κ1) is 24.9. The Hall–Kier alpha value is -1.20. The van der Waals surface area contributed by atoms with Crippen LogP contribution >= 0.6 is 11.6 Å². The van der Waals surface area contributed by atoms with Crippen LogP contribution in [0.25, 0.3) is 6.08 Å². The number of fused-ring (bicyclic) bond motifs is 4. The van der Waals surface area contributed by atoms with E-state index >= 15 is 0 Å². The van der Waals surface area contributed by atoms with Crippen molar-refractivity contribution in [1.82, 2.24) is 10.3 Å². The van der Waals surface area contributed by atoms with Crippen LogP contribution in [0, 0.1) is 23.2 Å². The zero-order chi connectivity index (χ0) is 23.7. The van der Waals surface area contributed by atoms with Crippen molar-refractivity contribution in [2.75, 3.05) is 14.1 Å². The molecule has 0 amide bonds. The van der Waals surface area contributed by atoms with Crippen molar-refractivity contribution in [3.05, 3.63) is 47.8 Å². The highest BCUT2D eigenvalue weighted by Crippen LogP contribution is 2.65. The molecule has 0 bridgehead atoms. The summed E-state index contributed by atoms with van der Waals surface area (Å²) < 4.78 is 0. The summed E-state index contributed by atoms with van der Waals surface area (Å²) >= 11 is 7.36. The Balaban J connectivity index is 0.000000821. The summed E-state index contributed by atoms with van der Waals surface area (Å²) in [5.74, 6) is 1.21. The minimum absolute atomic E-state index is 0.0408. The topological polar surface area (TPSA) is 65.4 Å². The number of rotatable bonds is 2. The fraction of sp³-hybridized carbons (Fsp3) is 0.679. The molecule has 4 aliphatic rings. The molecule has 3 N–H and O–H groups in total. The van der Waals surface area contributed by atoms with Gasteiger partial charge in [0.1, 0.15) is 0 Å². The van der Waals surface area contributed by atoms with Crippen LogP contribution in [-0.2, 0) is 0 Å². The molecule has 4 aliphatic carbocycles. The minimum Gasteiger partial charge on any atom is -0.393 e. The van der Waals surface area contributed by atoms with Crippen LogP contribution in [0.2, 0.25) is 0 Å². The predicted octanol–water partition coefficient (Wildman–Crippen LogP) is 5.35. The quantitative estimate of drug-likeness (QED) is 0.508. The van der Waals surface area contributed by atoms with Crippen molar-refractivity contribution in [3.8, 4) is 0 Å². The summed E-state index contributed by atoms with van der Waals surface area (Å²) in [6, 6.07) is 4.03. The molecule has 1 heterocycles. The van der Waals surface area contributed by atoms with Gasteiger partial charge in [-0.05, 0) is 106 Å². The standard InChI is InChI=1S/C26H34ClNO2.C2H7N/c1-24-12-13-25(27)16-20-15-22(29)8-5-19(20)10-11-26(25,30)23(24)9-7-21(24)6-4-18-3-2-14-28-17-18;1-3-2/h2-4,6-7,14,17,19-20,22-23,29-30H,5,8-13,15-16H2,1H3;3H,1-2H3/b6-4+;/t19?,20?,22?,23?,24?,25?,26-;/m0./s1. The second-order valence-corrected chi connectivity index (χ2v) is 11.8. The van der Waals surface area contributed by atoms with Crippen molar-refractivity contribution >= 4 is 17.7 Å². The Labute approximate surface area is 204 Å². The molecule has 1 aromatic rings. The molecular weight excluding hydrogens is 432 g/mol. The number of halogens is 1. The van der Waals surface area contributed by atoms with Gasteiger partial charge in [-0.25, -0.2) is 0 Å². The van der Waals surface area contributed by atoms with Crippen LogP contribution in [0.3, 0.4) is 0 Å². The van der Waals surface area contributed by atoms with Gasteiger partial charge in [0, 0.05) is 18.3 Å². The molecule has 4 nitrogen and oxygen atoms in total. The van der Waals surface area contributed by atoms with E-state index in [2.05, 4.69) is 41.5 Å². The number of alkyl halides is 1. The lowest BCUT2D eigenvalue weighted by atomic mass is 9.54. The molecule has 0 aromatic carbocycles. The lowest BCUT2D eigenvalue weighted by Crippen LogP contribution is -2.62. The van der Waals surface area contributed by atoms with Crippen molar-refractivity contribution in [1.29, 1.82) is 0 Å². The van der Waals surface area contributed by atoms with E-state index in [1.807, 2.05) is 26.4 Å². The lowest BCUT2D eigenvalue weighted by Gasteiger charge is -2.57. The number of nitrogens with zero attached hydrogens (tertiary/aromatic N) is 1. The van der Waals surface area contributed by atoms with E-state index in [0.717, 1.165) is 63.4 Å². The van der Waals surface area contributed by atoms with Gasteiger partial charge in [-0.1, -0.05) is 31.2 Å². The molecule has 0 saturated heterocycles. The van der Waals surface area contributed by atoms with Gasteiger partial charge in [0.05, 0.1) is 16.6 Å². The average molecular weight is 473 g/mol. The summed E-state index contributed by atoms with van der Waals surface area (Å²) in [6.07, 6.45) is 18.4. The number of aliphatic hydroxyl groups excluding tert-OH is 1. The highest BCUT2D eigenvalue weighted by molar-refractivity contribution is 6.25. The summed E-state index contributed by atoms with van der Waals surface area (Å²) in [6.45, 7) is 2.33. The summed E-state index contributed by atoms with van der Waals surface area (Å²) in [5.41, 5.74) is 1.55. The van der Waals surface area contributed by atoms with Crippen molar-refractivity contribution in [2.24, 2.45) is 23.2 Å². The zero-order valence-electron chi connectivity index (χ0n) is 20.4. The number of hydrogen-bond donors (Lipinski definition) is 3. The normalized spacial score (nSPS) is 42.3. The maximum atomic E-state index is 12.2. The van der Waals surface area contributed by atoms with Gasteiger partial charge in [-0.2, -0.15) is 0 Å². The Morgan fingerprint density at radius 3 is 2.64 bits per heavy atom. The molecule has 1 aromatic heterocycles. The van der Waals surface area contributed by atoms with Gasteiger partial charge in [-0.15, -0.1) is 11.6 Å². The second kappa shape index (κ2) is 9.81. The Bertz CT molecular complexity index is 874. The van der Waals surface area contributed by atoms with E-state index in [0.29, 0.717) is 11.8 Å². The number of nitrogens with one attached hydrogen (secondary N) is 1. The van der Waals surface area contributed by atoms with Crippen LogP contribution in [-0.4, -0.2) is 45.9 Å². The fourth-order valence-corrected chi connectivity index (χ4v) is 7.83. The number of aliphatic hydroxyl groups is 2. The van der Waals surface area contributed by atoms with Crippen LogP contribution in [0.4, 0.5) is 0 Å². The van der Waals surface area contributed by atoms with E-state index in [1.165, 1.54) is 5.57 Å². The van der Waals surface area contributed by atoms with Gasteiger partial charge in [0.25, 0.3) is 0 Å². The number of hydrogen-bond acceptors (Lipinski definition) is 4. The number of allylic oxidation sites excluding steroid dienone is 3. The molecule has 7 atom stereocenters. The largest absolute Gasteiger partial charge is 0.393 e. The van der Waals surface area contributed by atoms with Crippen LogP contribution in [0.5, 0.6) is 0 Å². The molecular formula is C28H41ClN2O2. The molecule has 5 rings (SSSR count). The van der Waals surface area contributed by atoms with Gasteiger partial charge in [0.2, 0.25) is 0 Å². The molecule has 33 heavy (non-hydrogen) atoms. The van der Waals surface area contributed by atoms with Crippen LogP contribution in [0.1, 0.15) is 70.3 Å². The zero-order valence-corrected chi connectivity index (χ0v) is 21.2. The molecule has 5 heteroatoms. The summed E-state index contributed by atoms with van der Waals surface area (Å²) in [4.78, 5) is 3.64. The van der Waals surface area contributed by atoms with E-state index in [1.54, 1.807) is 6.20 Å². The van der Waals surface area contributed by atoms with Crippen LogP contribution in [0.15, 0.2) is 42.3 Å². The third-order valence-corrected chi connectivity index (χ3v) is 9.80. The van der Waals surface area contributed by atoms with Gasteiger partial charge < -0.3 is 15.5 Å². The molecule has 3 saturated carbocycles. The van der Waals surface area contributed by atoms with E-state index < -0.39 is 10.5 Å². The minimum atomic E-state index is -0.843. The number of pyridine rings is 1. The maximum absolute atomic E-state index is 12.2. The number of aromatic nitrogens is 1. The molecule has 182 valence electrons. The Morgan fingerprint density at radius 2 is 1.91 bits per heavy atom. The van der Waals surface area contributed by atoms with E-state index in [9.17, 15) is 10.2 Å². The average Bonchev–Trinajstić information content (AvgIpc) is 3.08. The van der Waals surface area contributed by atoms with Gasteiger partial charge in [-0.3, -0.25) is 4.98 Å². The third-order valence-electron chi connectivity index (χ3n) is 9.13. The summed E-state index contributed by atoms with van der Waals surface area (Å²) in [7, 11) is 3.75. The summed E-state index contributed by atoms with van der Waals surface area (Å²) in [5, 5.41) is 25.2. The van der Waals surface area contributed by atoms with E-state index in [4.69, 9.17) is 11.6 Å². The molecule has 0 spiro atoms. The lowest BCUT2D eigenvalue weighted by molar-refractivity contribution is -0.122. The molecule has 0 aliphatic heterocycles. The van der Waals surface area contributed by atoms with Crippen LogP contribution < -0.4 is 5.32 Å².